The molecule has 0 N–H and O–H groups in total. The summed E-state index contributed by atoms with van der Waals surface area (Å²) in [5.74, 6) is 0.164. The highest BCUT2D eigenvalue weighted by Gasteiger charge is 2.03. The van der Waals surface area contributed by atoms with Gasteiger partial charge in [-0.05, 0) is 35.7 Å². The van der Waals surface area contributed by atoms with Crippen LogP contribution in [0.5, 0.6) is 0 Å². The highest BCUT2D eigenvalue weighted by Crippen LogP contribution is 2.28. The number of ketones is 1. The number of carbonyl (C=O) groups is 1. The second-order valence-corrected chi connectivity index (χ2v) is 5.02. The Labute approximate surface area is 116 Å². The fourth-order valence-electron chi connectivity index (χ4n) is 1.78. The molecule has 2 aromatic rings. The van der Waals surface area contributed by atoms with Crippen molar-refractivity contribution in [3.63, 3.8) is 0 Å². The first-order valence-corrected chi connectivity index (χ1v) is 6.35. The minimum absolute atomic E-state index is 0.164. The summed E-state index contributed by atoms with van der Waals surface area (Å²) >= 11 is 11.9. The first-order chi connectivity index (χ1) is 8.56. The van der Waals surface area contributed by atoms with Gasteiger partial charge in [0, 0.05) is 6.42 Å². The standard InChI is InChI=1S/C15H12Cl2O/c1-10(18)8-11-2-4-12(5-3-11)13-6-7-14(16)15(17)9-13/h2-7,9H,8H2,1H3. The highest BCUT2D eigenvalue weighted by atomic mass is 35.5. The van der Waals surface area contributed by atoms with E-state index in [9.17, 15) is 4.79 Å². The van der Waals surface area contributed by atoms with Crippen LogP contribution in [0.4, 0.5) is 0 Å². The van der Waals surface area contributed by atoms with E-state index in [-0.39, 0.29) is 5.78 Å². The van der Waals surface area contributed by atoms with E-state index < -0.39 is 0 Å². The summed E-state index contributed by atoms with van der Waals surface area (Å²) in [6, 6.07) is 13.4. The maximum absolute atomic E-state index is 11.0. The molecule has 0 unspecified atom stereocenters. The van der Waals surface area contributed by atoms with E-state index in [0.717, 1.165) is 16.7 Å². The van der Waals surface area contributed by atoms with E-state index >= 15 is 0 Å². The summed E-state index contributed by atoms with van der Waals surface area (Å²) in [7, 11) is 0. The number of rotatable bonds is 3. The Balaban J connectivity index is 2.28. The normalized spacial score (nSPS) is 10.4. The van der Waals surface area contributed by atoms with E-state index in [1.54, 1.807) is 13.0 Å². The van der Waals surface area contributed by atoms with Crippen LogP contribution in [0, 0.1) is 0 Å². The number of carbonyl (C=O) groups excluding carboxylic acids is 1. The predicted molar refractivity (Wildman–Crippen MR) is 76.3 cm³/mol. The Hall–Kier alpha value is -1.31. The van der Waals surface area contributed by atoms with Gasteiger partial charge >= 0.3 is 0 Å². The highest BCUT2D eigenvalue weighted by molar-refractivity contribution is 6.42. The topological polar surface area (TPSA) is 17.1 Å². The van der Waals surface area contributed by atoms with Gasteiger partial charge in [0.2, 0.25) is 0 Å². The van der Waals surface area contributed by atoms with Crippen LogP contribution in [0.1, 0.15) is 12.5 Å². The summed E-state index contributed by atoms with van der Waals surface area (Å²) in [5, 5.41) is 1.09. The fourth-order valence-corrected chi connectivity index (χ4v) is 2.08. The molecular weight excluding hydrogens is 267 g/mol. The van der Waals surface area contributed by atoms with Crippen LogP contribution in [0.15, 0.2) is 42.5 Å². The van der Waals surface area contributed by atoms with Gasteiger partial charge in [-0.1, -0.05) is 53.5 Å². The molecule has 0 heterocycles. The minimum Gasteiger partial charge on any atom is -0.300 e. The van der Waals surface area contributed by atoms with Crippen LogP contribution in [-0.4, -0.2) is 5.78 Å². The van der Waals surface area contributed by atoms with Crippen molar-refractivity contribution in [2.24, 2.45) is 0 Å². The smallest absolute Gasteiger partial charge is 0.134 e. The van der Waals surface area contributed by atoms with Crippen molar-refractivity contribution in [3.05, 3.63) is 58.1 Å². The van der Waals surface area contributed by atoms with Crippen molar-refractivity contribution in [2.45, 2.75) is 13.3 Å². The second-order valence-electron chi connectivity index (χ2n) is 4.20. The molecule has 0 bridgehead atoms. The second kappa shape index (κ2) is 5.55. The molecule has 0 aromatic heterocycles. The Morgan fingerprint density at radius 2 is 1.56 bits per heavy atom. The zero-order chi connectivity index (χ0) is 13.1. The number of Topliss-reactive ketones (excluding diaryl/α,β-unsaturated/α-hetero) is 1. The lowest BCUT2D eigenvalue weighted by molar-refractivity contribution is -0.116. The van der Waals surface area contributed by atoms with Crippen molar-refractivity contribution >= 4 is 29.0 Å². The van der Waals surface area contributed by atoms with Crippen molar-refractivity contribution < 1.29 is 4.79 Å². The molecule has 0 fully saturated rings. The molecule has 92 valence electrons. The summed E-state index contributed by atoms with van der Waals surface area (Å²) < 4.78 is 0. The molecule has 2 rings (SSSR count). The molecule has 0 amide bonds. The molecule has 0 spiro atoms. The molecule has 0 aliphatic rings. The van der Waals surface area contributed by atoms with Gasteiger partial charge in [-0.3, -0.25) is 4.79 Å². The van der Waals surface area contributed by atoms with Crippen molar-refractivity contribution in [1.82, 2.24) is 0 Å². The van der Waals surface area contributed by atoms with Gasteiger partial charge in [-0.15, -0.1) is 0 Å². The predicted octanol–water partition coefficient (Wildman–Crippen LogP) is 4.79. The molecule has 1 nitrogen and oxygen atoms in total. The van der Waals surface area contributed by atoms with Crippen LogP contribution < -0.4 is 0 Å². The average molecular weight is 279 g/mol. The van der Waals surface area contributed by atoms with Crippen LogP contribution in [0.25, 0.3) is 11.1 Å². The monoisotopic (exact) mass is 278 g/mol. The zero-order valence-corrected chi connectivity index (χ0v) is 11.4. The lowest BCUT2D eigenvalue weighted by Gasteiger charge is -2.05. The van der Waals surface area contributed by atoms with Crippen LogP contribution >= 0.6 is 23.2 Å². The summed E-state index contributed by atoms with van der Waals surface area (Å²) in [6.07, 6.45) is 0.474. The van der Waals surface area contributed by atoms with Gasteiger partial charge < -0.3 is 0 Å². The van der Waals surface area contributed by atoms with Crippen LogP contribution in [0.2, 0.25) is 10.0 Å². The average Bonchev–Trinajstić information content (AvgIpc) is 2.33. The largest absolute Gasteiger partial charge is 0.300 e. The van der Waals surface area contributed by atoms with E-state index in [1.807, 2.05) is 36.4 Å². The maximum Gasteiger partial charge on any atom is 0.134 e. The Morgan fingerprint density at radius 3 is 2.11 bits per heavy atom. The third-order valence-corrected chi connectivity index (χ3v) is 3.40. The first kappa shape index (κ1) is 13.1. The molecule has 0 saturated carbocycles. The SMILES string of the molecule is CC(=O)Cc1ccc(-c2ccc(Cl)c(Cl)c2)cc1. The van der Waals surface area contributed by atoms with Gasteiger partial charge in [0.15, 0.2) is 0 Å². The molecule has 3 heteroatoms. The molecule has 0 aliphatic heterocycles. The van der Waals surface area contributed by atoms with E-state index in [1.165, 1.54) is 0 Å². The zero-order valence-electron chi connectivity index (χ0n) is 9.91. The molecule has 0 radical (unpaired) electrons. The first-order valence-electron chi connectivity index (χ1n) is 5.60. The number of hydrogen-bond acceptors (Lipinski definition) is 1. The third kappa shape index (κ3) is 3.12. The molecule has 0 aliphatic carbocycles. The number of benzene rings is 2. The molecule has 0 atom stereocenters. The van der Waals surface area contributed by atoms with E-state index in [0.29, 0.717) is 16.5 Å². The van der Waals surface area contributed by atoms with Gasteiger partial charge in [0.05, 0.1) is 10.0 Å². The summed E-state index contributed by atoms with van der Waals surface area (Å²) in [4.78, 5) is 11.0. The summed E-state index contributed by atoms with van der Waals surface area (Å²) in [6.45, 7) is 1.59. The Morgan fingerprint density at radius 1 is 0.944 bits per heavy atom. The summed E-state index contributed by atoms with van der Waals surface area (Å²) in [5.41, 5.74) is 3.09. The molecule has 2 aromatic carbocycles. The van der Waals surface area contributed by atoms with Gasteiger partial charge in [0.25, 0.3) is 0 Å². The van der Waals surface area contributed by atoms with Crippen molar-refractivity contribution in [3.8, 4) is 11.1 Å². The van der Waals surface area contributed by atoms with Crippen molar-refractivity contribution in [2.75, 3.05) is 0 Å². The minimum atomic E-state index is 0.164. The third-order valence-electron chi connectivity index (χ3n) is 2.66. The molecule has 18 heavy (non-hydrogen) atoms. The quantitative estimate of drug-likeness (QED) is 0.789. The van der Waals surface area contributed by atoms with Gasteiger partial charge in [0.1, 0.15) is 5.78 Å². The van der Waals surface area contributed by atoms with Crippen LogP contribution in [0.3, 0.4) is 0 Å². The fraction of sp³-hybridized carbons (Fsp3) is 0.133. The molecular formula is C15H12Cl2O. The van der Waals surface area contributed by atoms with E-state index in [2.05, 4.69) is 0 Å². The van der Waals surface area contributed by atoms with Crippen LogP contribution in [-0.2, 0) is 11.2 Å². The van der Waals surface area contributed by atoms with Crippen molar-refractivity contribution in [1.29, 1.82) is 0 Å². The van der Waals surface area contributed by atoms with Gasteiger partial charge in [-0.25, -0.2) is 0 Å². The lowest BCUT2D eigenvalue weighted by atomic mass is 10.0. The maximum atomic E-state index is 11.0. The van der Waals surface area contributed by atoms with Gasteiger partial charge in [-0.2, -0.15) is 0 Å². The molecule has 0 saturated heterocycles. The Bertz CT molecular complexity index is 574. The lowest BCUT2D eigenvalue weighted by Crippen LogP contribution is -1.95. The Kier molecular flexibility index (Phi) is 4.05. The number of halogens is 2. The van der Waals surface area contributed by atoms with E-state index in [4.69, 9.17) is 23.2 Å². The number of hydrogen-bond donors (Lipinski definition) is 0.